The standard InChI is InChI=1S/C15H29NO2/c1-6-8-10-12-13(11-9-7-2)16-14(17)18-15(3,4)5/h6-12H2,1-5H3. The fourth-order valence-electron chi connectivity index (χ4n) is 1.61. The van der Waals surface area contributed by atoms with E-state index in [-0.39, 0.29) is 0 Å². The van der Waals surface area contributed by atoms with Crippen molar-refractivity contribution >= 4 is 11.8 Å². The number of carbonyl (C=O) groups is 1. The number of ether oxygens (including phenoxy) is 1. The number of unbranched alkanes of at least 4 members (excludes halogenated alkanes) is 3. The van der Waals surface area contributed by atoms with Crippen LogP contribution in [0.5, 0.6) is 0 Å². The zero-order chi connectivity index (χ0) is 14.0. The van der Waals surface area contributed by atoms with Crippen LogP contribution < -0.4 is 0 Å². The van der Waals surface area contributed by atoms with E-state index in [2.05, 4.69) is 18.8 Å². The molecule has 0 aliphatic rings. The lowest BCUT2D eigenvalue weighted by Gasteiger charge is -2.17. The Morgan fingerprint density at radius 2 is 1.56 bits per heavy atom. The maximum absolute atomic E-state index is 11.7. The second kappa shape index (κ2) is 9.12. The Bertz CT molecular complexity index is 264. The summed E-state index contributed by atoms with van der Waals surface area (Å²) in [6.07, 6.45) is 7.11. The van der Waals surface area contributed by atoms with Gasteiger partial charge in [0.05, 0.1) is 0 Å². The van der Waals surface area contributed by atoms with Crippen molar-refractivity contribution in [2.45, 2.75) is 85.2 Å². The summed E-state index contributed by atoms with van der Waals surface area (Å²) in [5, 5.41) is 0. The number of carbonyl (C=O) groups excluding carboxylic acids is 1. The topological polar surface area (TPSA) is 38.7 Å². The molecule has 0 aromatic rings. The molecule has 0 aliphatic heterocycles. The Morgan fingerprint density at radius 1 is 1.00 bits per heavy atom. The van der Waals surface area contributed by atoms with Gasteiger partial charge in [0.15, 0.2) is 0 Å². The van der Waals surface area contributed by atoms with E-state index in [4.69, 9.17) is 4.74 Å². The summed E-state index contributed by atoms with van der Waals surface area (Å²) in [4.78, 5) is 15.8. The van der Waals surface area contributed by atoms with Crippen molar-refractivity contribution in [3.05, 3.63) is 0 Å². The van der Waals surface area contributed by atoms with Crippen molar-refractivity contribution in [3.8, 4) is 0 Å². The number of hydrogen-bond acceptors (Lipinski definition) is 2. The van der Waals surface area contributed by atoms with Gasteiger partial charge in [0, 0.05) is 5.71 Å². The largest absolute Gasteiger partial charge is 0.442 e. The monoisotopic (exact) mass is 255 g/mol. The molecule has 0 N–H and O–H groups in total. The molecule has 0 saturated carbocycles. The average molecular weight is 255 g/mol. The quantitative estimate of drug-likeness (QED) is 0.467. The van der Waals surface area contributed by atoms with Crippen LogP contribution in [0.15, 0.2) is 4.99 Å². The maximum atomic E-state index is 11.7. The van der Waals surface area contributed by atoms with Crippen LogP contribution in [0.4, 0.5) is 4.79 Å². The molecular weight excluding hydrogens is 226 g/mol. The Balaban J connectivity index is 4.37. The molecular formula is C15H29NO2. The molecule has 0 rings (SSSR count). The van der Waals surface area contributed by atoms with Crippen molar-refractivity contribution in [2.75, 3.05) is 0 Å². The summed E-state index contributed by atoms with van der Waals surface area (Å²) in [6.45, 7) is 9.92. The van der Waals surface area contributed by atoms with Crippen molar-refractivity contribution in [1.29, 1.82) is 0 Å². The number of aliphatic imine (C=N–C) groups is 1. The molecule has 0 heterocycles. The third kappa shape index (κ3) is 10.3. The van der Waals surface area contributed by atoms with Crippen LogP contribution in [0.2, 0.25) is 0 Å². The van der Waals surface area contributed by atoms with E-state index in [1.807, 2.05) is 20.8 Å². The lowest BCUT2D eigenvalue weighted by atomic mass is 10.1. The second-order valence-electron chi connectivity index (χ2n) is 5.72. The zero-order valence-electron chi connectivity index (χ0n) is 12.7. The Labute approximate surface area is 112 Å². The molecule has 18 heavy (non-hydrogen) atoms. The molecule has 1 amide bonds. The molecule has 0 aromatic heterocycles. The summed E-state index contributed by atoms with van der Waals surface area (Å²) in [5.74, 6) is 0. The molecule has 0 atom stereocenters. The fourth-order valence-corrected chi connectivity index (χ4v) is 1.61. The van der Waals surface area contributed by atoms with Crippen LogP contribution >= 0.6 is 0 Å². The van der Waals surface area contributed by atoms with Crippen LogP contribution in [0.3, 0.4) is 0 Å². The van der Waals surface area contributed by atoms with E-state index in [1.165, 1.54) is 12.8 Å². The molecule has 0 bridgehead atoms. The van der Waals surface area contributed by atoms with E-state index in [9.17, 15) is 4.79 Å². The van der Waals surface area contributed by atoms with Gasteiger partial charge in [-0.3, -0.25) is 0 Å². The summed E-state index contributed by atoms with van der Waals surface area (Å²) in [7, 11) is 0. The number of rotatable bonds is 7. The summed E-state index contributed by atoms with van der Waals surface area (Å²) < 4.78 is 5.23. The number of amides is 1. The number of nitrogens with zero attached hydrogens (tertiary/aromatic N) is 1. The minimum atomic E-state index is -0.458. The van der Waals surface area contributed by atoms with Gasteiger partial charge >= 0.3 is 6.09 Å². The van der Waals surface area contributed by atoms with E-state index in [0.29, 0.717) is 0 Å². The van der Waals surface area contributed by atoms with Gasteiger partial charge in [0.1, 0.15) is 5.60 Å². The van der Waals surface area contributed by atoms with Crippen LogP contribution in [0.1, 0.15) is 79.6 Å². The Kier molecular flexibility index (Phi) is 8.69. The van der Waals surface area contributed by atoms with Gasteiger partial charge < -0.3 is 4.74 Å². The highest BCUT2D eigenvalue weighted by molar-refractivity contribution is 5.93. The predicted octanol–water partition coefficient (Wildman–Crippen LogP) is 5.13. The zero-order valence-corrected chi connectivity index (χ0v) is 12.7. The molecule has 0 saturated heterocycles. The third-order valence-electron chi connectivity index (χ3n) is 2.53. The lowest BCUT2D eigenvalue weighted by molar-refractivity contribution is 0.0603. The van der Waals surface area contributed by atoms with Gasteiger partial charge in [0.25, 0.3) is 0 Å². The molecule has 0 fully saturated rings. The smallest absolute Gasteiger partial charge is 0.434 e. The van der Waals surface area contributed by atoms with Gasteiger partial charge in [-0.15, -0.1) is 0 Å². The van der Waals surface area contributed by atoms with Crippen LogP contribution in [0, 0.1) is 0 Å². The molecule has 0 spiro atoms. The molecule has 3 nitrogen and oxygen atoms in total. The average Bonchev–Trinajstić information content (AvgIpc) is 2.23. The summed E-state index contributed by atoms with van der Waals surface area (Å²) >= 11 is 0. The van der Waals surface area contributed by atoms with E-state index in [0.717, 1.165) is 37.8 Å². The molecule has 106 valence electrons. The van der Waals surface area contributed by atoms with E-state index in [1.54, 1.807) is 0 Å². The highest BCUT2D eigenvalue weighted by Crippen LogP contribution is 2.11. The molecule has 0 aliphatic carbocycles. The lowest BCUT2D eigenvalue weighted by Crippen LogP contribution is -2.22. The minimum absolute atomic E-state index is 0.440. The number of hydrogen-bond donors (Lipinski definition) is 0. The molecule has 3 heteroatoms. The third-order valence-corrected chi connectivity index (χ3v) is 2.53. The van der Waals surface area contributed by atoms with Gasteiger partial charge in [-0.1, -0.05) is 33.1 Å². The van der Waals surface area contributed by atoms with Crippen molar-refractivity contribution < 1.29 is 9.53 Å². The van der Waals surface area contributed by atoms with Crippen LogP contribution in [-0.2, 0) is 4.74 Å². The molecule has 0 unspecified atom stereocenters. The van der Waals surface area contributed by atoms with Crippen molar-refractivity contribution in [1.82, 2.24) is 0 Å². The van der Waals surface area contributed by atoms with Gasteiger partial charge in [0.2, 0.25) is 0 Å². The van der Waals surface area contributed by atoms with Gasteiger partial charge in [-0.05, 0) is 46.5 Å². The Hall–Kier alpha value is -0.860. The SMILES string of the molecule is CCCCCC(CCCC)=NC(=O)OC(C)(C)C. The normalized spacial score (nSPS) is 12.6. The molecule has 0 radical (unpaired) electrons. The van der Waals surface area contributed by atoms with Gasteiger partial charge in [-0.25, -0.2) is 4.79 Å². The summed E-state index contributed by atoms with van der Waals surface area (Å²) in [5.41, 5.74) is 0.541. The van der Waals surface area contributed by atoms with Crippen LogP contribution in [0.25, 0.3) is 0 Å². The van der Waals surface area contributed by atoms with Gasteiger partial charge in [-0.2, -0.15) is 4.99 Å². The molecule has 0 aromatic carbocycles. The minimum Gasteiger partial charge on any atom is -0.442 e. The van der Waals surface area contributed by atoms with Crippen LogP contribution in [-0.4, -0.2) is 17.4 Å². The first-order valence-corrected chi connectivity index (χ1v) is 7.18. The fraction of sp³-hybridized carbons (Fsp3) is 0.867. The van der Waals surface area contributed by atoms with Crippen molar-refractivity contribution in [3.63, 3.8) is 0 Å². The first-order valence-electron chi connectivity index (χ1n) is 7.18. The summed E-state index contributed by atoms with van der Waals surface area (Å²) in [6, 6.07) is 0. The Morgan fingerprint density at radius 3 is 2.06 bits per heavy atom. The highest BCUT2D eigenvalue weighted by atomic mass is 16.6. The second-order valence-corrected chi connectivity index (χ2v) is 5.72. The van der Waals surface area contributed by atoms with E-state index >= 15 is 0 Å². The maximum Gasteiger partial charge on any atom is 0.434 e. The first kappa shape index (κ1) is 17.1. The van der Waals surface area contributed by atoms with Crippen molar-refractivity contribution in [2.24, 2.45) is 4.99 Å². The first-order chi connectivity index (χ1) is 8.39. The predicted molar refractivity (Wildman–Crippen MR) is 77.3 cm³/mol. The van der Waals surface area contributed by atoms with E-state index < -0.39 is 11.7 Å². The highest BCUT2D eigenvalue weighted by Gasteiger charge is 2.16.